The number of para-hydroxylation sites is 1. The number of ether oxygens (including phenoxy) is 1. The molecule has 5 heteroatoms. The number of hydrogen-bond acceptors (Lipinski definition) is 4. The number of hydrogen-bond donors (Lipinski definition) is 1. The van der Waals surface area contributed by atoms with Gasteiger partial charge in [-0.2, -0.15) is 0 Å². The zero-order chi connectivity index (χ0) is 18.6. The van der Waals surface area contributed by atoms with Crippen molar-refractivity contribution >= 4 is 10.9 Å². The van der Waals surface area contributed by atoms with E-state index in [9.17, 15) is 9.50 Å². The van der Waals surface area contributed by atoms with Crippen LogP contribution in [0.4, 0.5) is 4.39 Å². The predicted molar refractivity (Wildman–Crippen MR) is 102 cm³/mol. The molecule has 4 nitrogen and oxygen atoms in total. The molecule has 0 aliphatic rings. The van der Waals surface area contributed by atoms with Gasteiger partial charge >= 0.3 is 0 Å². The molecule has 0 saturated carbocycles. The number of halogens is 1. The van der Waals surface area contributed by atoms with E-state index in [1.807, 2.05) is 48.5 Å². The number of rotatable bonds is 5. The summed E-state index contributed by atoms with van der Waals surface area (Å²) in [6.07, 6.45) is 0.406. The Morgan fingerprint density at radius 3 is 2.19 bits per heavy atom. The van der Waals surface area contributed by atoms with Crippen molar-refractivity contribution in [2.24, 2.45) is 0 Å². The summed E-state index contributed by atoms with van der Waals surface area (Å²) >= 11 is 0. The Bertz CT molecular complexity index is 1060. The van der Waals surface area contributed by atoms with Gasteiger partial charge in [-0.05, 0) is 54.6 Å². The Kier molecular flexibility index (Phi) is 4.77. The number of aliphatic hydroxyl groups is 1. The minimum absolute atomic E-state index is 0.00221. The maximum Gasteiger partial charge on any atom is 0.132 e. The highest BCUT2D eigenvalue weighted by atomic mass is 19.1. The monoisotopic (exact) mass is 360 g/mol. The van der Waals surface area contributed by atoms with Gasteiger partial charge in [0.15, 0.2) is 0 Å². The average Bonchev–Trinajstić information content (AvgIpc) is 2.70. The van der Waals surface area contributed by atoms with Crippen molar-refractivity contribution in [1.82, 2.24) is 9.97 Å². The fourth-order valence-corrected chi connectivity index (χ4v) is 2.88. The fourth-order valence-electron chi connectivity index (χ4n) is 2.88. The Morgan fingerprint density at radius 1 is 0.815 bits per heavy atom. The number of aliphatic hydroxyl groups excluding tert-OH is 1. The van der Waals surface area contributed by atoms with Crippen LogP contribution < -0.4 is 4.74 Å². The lowest BCUT2D eigenvalue weighted by atomic mass is 10.1. The summed E-state index contributed by atoms with van der Waals surface area (Å²) in [6.45, 7) is 0.00221. The molecule has 4 rings (SSSR count). The predicted octanol–water partition coefficient (Wildman–Crippen LogP) is 4.76. The lowest BCUT2D eigenvalue weighted by Gasteiger charge is -2.10. The summed E-state index contributed by atoms with van der Waals surface area (Å²) in [6, 6.07) is 21.2. The van der Waals surface area contributed by atoms with E-state index in [4.69, 9.17) is 4.74 Å². The zero-order valence-corrected chi connectivity index (χ0v) is 14.5. The number of aromatic nitrogens is 2. The van der Waals surface area contributed by atoms with E-state index in [2.05, 4.69) is 9.97 Å². The molecular formula is C22H17FN2O2. The first-order valence-electron chi connectivity index (χ1n) is 8.63. The Morgan fingerprint density at radius 2 is 1.48 bits per heavy atom. The zero-order valence-electron chi connectivity index (χ0n) is 14.5. The fraction of sp³-hybridized carbons (Fsp3) is 0.0909. The van der Waals surface area contributed by atoms with Gasteiger partial charge in [-0.3, -0.25) is 0 Å². The summed E-state index contributed by atoms with van der Waals surface area (Å²) in [4.78, 5) is 9.14. The summed E-state index contributed by atoms with van der Waals surface area (Å²) in [5.41, 5.74) is 2.59. The SMILES string of the molecule is OCCc1nc(-c2ccc(Oc3ccc(F)cc3)cc2)c2ccccc2n1. The van der Waals surface area contributed by atoms with Crippen molar-refractivity contribution in [3.8, 4) is 22.8 Å². The van der Waals surface area contributed by atoms with Crippen molar-refractivity contribution in [2.75, 3.05) is 6.61 Å². The topological polar surface area (TPSA) is 55.2 Å². The van der Waals surface area contributed by atoms with Crippen LogP contribution >= 0.6 is 0 Å². The summed E-state index contributed by atoms with van der Waals surface area (Å²) in [5.74, 6) is 1.53. The van der Waals surface area contributed by atoms with Crippen LogP contribution in [0.5, 0.6) is 11.5 Å². The number of nitrogens with zero attached hydrogens (tertiary/aromatic N) is 2. The molecule has 0 spiro atoms. The Hall–Kier alpha value is -3.31. The van der Waals surface area contributed by atoms with E-state index in [-0.39, 0.29) is 12.4 Å². The van der Waals surface area contributed by atoms with Gasteiger partial charge in [0, 0.05) is 17.4 Å². The highest BCUT2D eigenvalue weighted by molar-refractivity contribution is 5.92. The van der Waals surface area contributed by atoms with Gasteiger partial charge in [0.25, 0.3) is 0 Å². The van der Waals surface area contributed by atoms with Crippen molar-refractivity contribution in [3.05, 3.63) is 84.4 Å². The third-order valence-corrected chi connectivity index (χ3v) is 4.16. The first-order chi connectivity index (χ1) is 13.2. The molecule has 0 atom stereocenters. The van der Waals surface area contributed by atoms with Crippen molar-refractivity contribution in [3.63, 3.8) is 0 Å². The molecule has 0 unspecified atom stereocenters. The molecule has 1 heterocycles. The van der Waals surface area contributed by atoms with E-state index in [1.165, 1.54) is 12.1 Å². The van der Waals surface area contributed by atoms with E-state index in [0.717, 1.165) is 22.2 Å². The summed E-state index contributed by atoms with van der Waals surface area (Å²) in [7, 11) is 0. The second kappa shape index (κ2) is 7.51. The minimum Gasteiger partial charge on any atom is -0.457 e. The van der Waals surface area contributed by atoms with E-state index in [1.54, 1.807) is 12.1 Å². The van der Waals surface area contributed by atoms with Gasteiger partial charge in [0.2, 0.25) is 0 Å². The van der Waals surface area contributed by atoms with Gasteiger partial charge in [-0.1, -0.05) is 18.2 Å². The van der Waals surface area contributed by atoms with Crippen molar-refractivity contribution < 1.29 is 14.2 Å². The summed E-state index contributed by atoms with van der Waals surface area (Å²) < 4.78 is 18.7. The van der Waals surface area contributed by atoms with Crippen LogP contribution in [0.25, 0.3) is 22.2 Å². The van der Waals surface area contributed by atoms with E-state index >= 15 is 0 Å². The average molecular weight is 360 g/mol. The first-order valence-corrected chi connectivity index (χ1v) is 8.63. The molecule has 1 N–H and O–H groups in total. The highest BCUT2D eigenvalue weighted by Crippen LogP contribution is 2.29. The molecule has 3 aromatic carbocycles. The van der Waals surface area contributed by atoms with Crippen LogP contribution in [0.15, 0.2) is 72.8 Å². The Balaban J connectivity index is 1.68. The first kappa shape index (κ1) is 17.1. The van der Waals surface area contributed by atoms with Gasteiger partial charge in [-0.25, -0.2) is 14.4 Å². The molecule has 27 heavy (non-hydrogen) atoms. The van der Waals surface area contributed by atoms with Crippen molar-refractivity contribution in [2.45, 2.75) is 6.42 Å². The molecule has 4 aromatic rings. The second-order valence-electron chi connectivity index (χ2n) is 6.06. The standard InChI is InChI=1S/C22H17FN2O2/c23-16-7-11-18(12-8-16)27-17-9-5-15(6-10-17)22-19-3-1-2-4-20(19)24-21(25-22)13-14-26/h1-12,26H,13-14H2. The van der Waals surface area contributed by atoms with Crippen LogP contribution in [-0.4, -0.2) is 21.7 Å². The third-order valence-electron chi connectivity index (χ3n) is 4.16. The maximum absolute atomic E-state index is 13.0. The van der Waals surface area contributed by atoms with Gasteiger partial charge in [0.1, 0.15) is 23.1 Å². The second-order valence-corrected chi connectivity index (χ2v) is 6.06. The van der Waals surface area contributed by atoms with Crippen LogP contribution in [-0.2, 0) is 6.42 Å². The molecule has 0 radical (unpaired) electrons. The van der Waals surface area contributed by atoms with Crippen LogP contribution in [0.1, 0.15) is 5.82 Å². The molecule has 0 bridgehead atoms. The molecule has 0 aliphatic carbocycles. The minimum atomic E-state index is -0.299. The van der Waals surface area contributed by atoms with Gasteiger partial charge in [-0.15, -0.1) is 0 Å². The molecular weight excluding hydrogens is 343 g/mol. The maximum atomic E-state index is 13.0. The van der Waals surface area contributed by atoms with E-state index < -0.39 is 0 Å². The van der Waals surface area contributed by atoms with Crippen LogP contribution in [0, 0.1) is 5.82 Å². The highest BCUT2D eigenvalue weighted by Gasteiger charge is 2.10. The number of benzene rings is 3. The number of fused-ring (bicyclic) bond motifs is 1. The summed E-state index contributed by atoms with van der Waals surface area (Å²) in [5, 5.41) is 10.2. The van der Waals surface area contributed by atoms with E-state index in [0.29, 0.717) is 23.7 Å². The largest absolute Gasteiger partial charge is 0.457 e. The molecule has 1 aromatic heterocycles. The lowest BCUT2D eigenvalue weighted by molar-refractivity contribution is 0.297. The van der Waals surface area contributed by atoms with Gasteiger partial charge < -0.3 is 9.84 Å². The smallest absolute Gasteiger partial charge is 0.132 e. The normalized spacial score (nSPS) is 10.9. The molecule has 134 valence electrons. The quantitative estimate of drug-likeness (QED) is 0.557. The van der Waals surface area contributed by atoms with Crippen molar-refractivity contribution in [1.29, 1.82) is 0 Å². The molecule has 0 amide bonds. The molecule has 0 saturated heterocycles. The Labute approximate surface area is 155 Å². The third kappa shape index (κ3) is 3.78. The molecule has 0 fully saturated rings. The van der Waals surface area contributed by atoms with Gasteiger partial charge in [0.05, 0.1) is 17.8 Å². The molecule has 0 aliphatic heterocycles. The van der Waals surface area contributed by atoms with Crippen LogP contribution in [0.3, 0.4) is 0 Å². The van der Waals surface area contributed by atoms with Crippen LogP contribution in [0.2, 0.25) is 0 Å². The lowest BCUT2D eigenvalue weighted by Crippen LogP contribution is -2.01.